The van der Waals surface area contributed by atoms with Crippen LogP contribution >= 0.6 is 0 Å². The Balaban J connectivity index is 1.59. The van der Waals surface area contributed by atoms with E-state index in [1.54, 1.807) is 11.8 Å². The molecule has 0 aliphatic carbocycles. The minimum absolute atomic E-state index is 0.114. The van der Waals surface area contributed by atoms with Gasteiger partial charge < -0.3 is 10.2 Å². The molecule has 0 fully saturated rings. The molecule has 1 N–H and O–H groups in total. The van der Waals surface area contributed by atoms with Crippen LogP contribution in [0.4, 0.5) is 24.7 Å². The number of amides is 1. The first kappa shape index (κ1) is 18.9. The van der Waals surface area contributed by atoms with Crippen molar-refractivity contribution in [3.63, 3.8) is 0 Å². The van der Waals surface area contributed by atoms with E-state index in [0.29, 0.717) is 18.9 Å². The number of aromatic nitrogens is 2. The maximum absolute atomic E-state index is 13.9. The molecular formula is C21H17F3N4O. The van der Waals surface area contributed by atoms with Crippen LogP contribution in [0.2, 0.25) is 0 Å². The summed E-state index contributed by atoms with van der Waals surface area (Å²) >= 11 is 0. The van der Waals surface area contributed by atoms with Crippen molar-refractivity contribution < 1.29 is 18.0 Å². The summed E-state index contributed by atoms with van der Waals surface area (Å²) in [6.45, 7) is 2.62. The number of carbonyl (C=O) groups is 1. The lowest BCUT2D eigenvalue weighted by Gasteiger charge is -2.28. The van der Waals surface area contributed by atoms with Gasteiger partial charge in [-0.15, -0.1) is 0 Å². The second-order valence-corrected chi connectivity index (χ2v) is 6.78. The third-order valence-corrected chi connectivity index (χ3v) is 4.77. The molecule has 0 saturated carbocycles. The van der Waals surface area contributed by atoms with Crippen LogP contribution in [0.15, 0.2) is 42.5 Å². The van der Waals surface area contributed by atoms with Crippen LogP contribution < -0.4 is 5.32 Å². The number of rotatable bonds is 3. The van der Waals surface area contributed by atoms with Gasteiger partial charge in [-0.05, 0) is 36.6 Å². The third kappa shape index (κ3) is 3.78. The molecule has 8 heteroatoms. The van der Waals surface area contributed by atoms with E-state index in [2.05, 4.69) is 15.3 Å². The van der Waals surface area contributed by atoms with Crippen molar-refractivity contribution in [1.29, 1.82) is 0 Å². The molecule has 1 aliphatic heterocycles. The van der Waals surface area contributed by atoms with Crippen molar-refractivity contribution in [3.05, 3.63) is 82.6 Å². The summed E-state index contributed by atoms with van der Waals surface area (Å²) in [7, 11) is 0. The van der Waals surface area contributed by atoms with Gasteiger partial charge in [0.1, 0.15) is 17.3 Å². The van der Waals surface area contributed by atoms with Crippen molar-refractivity contribution >= 4 is 17.4 Å². The molecule has 2 aromatic carbocycles. The van der Waals surface area contributed by atoms with Crippen LogP contribution in [0.1, 0.15) is 27.4 Å². The smallest absolute Gasteiger partial charge is 0.272 e. The van der Waals surface area contributed by atoms with Gasteiger partial charge in [-0.1, -0.05) is 24.3 Å². The molecule has 3 aromatic rings. The highest BCUT2D eigenvalue weighted by molar-refractivity contribution is 5.93. The average molecular weight is 398 g/mol. The highest BCUT2D eigenvalue weighted by Gasteiger charge is 2.23. The predicted octanol–water partition coefficient (Wildman–Crippen LogP) is 4.14. The van der Waals surface area contributed by atoms with Gasteiger partial charge >= 0.3 is 0 Å². The summed E-state index contributed by atoms with van der Waals surface area (Å²) in [4.78, 5) is 22.9. The minimum atomic E-state index is -1.58. The van der Waals surface area contributed by atoms with E-state index < -0.39 is 17.5 Å². The fourth-order valence-electron chi connectivity index (χ4n) is 3.33. The summed E-state index contributed by atoms with van der Waals surface area (Å²) in [5.74, 6) is -4.10. The van der Waals surface area contributed by atoms with Gasteiger partial charge in [-0.3, -0.25) is 4.79 Å². The van der Waals surface area contributed by atoms with Gasteiger partial charge in [0, 0.05) is 19.2 Å². The standard InChI is InChI=1S/C21H17F3N4O/c1-12-25-17(21(29)28-9-8-13-4-2-3-5-14(13)11-28)10-18(26-12)27-16-7-6-15(22)19(23)20(16)24/h2-7,10H,8-9,11H2,1H3,(H,25,26,27). The zero-order valence-electron chi connectivity index (χ0n) is 15.5. The van der Waals surface area contributed by atoms with E-state index in [9.17, 15) is 18.0 Å². The number of hydrogen-bond donors (Lipinski definition) is 1. The van der Waals surface area contributed by atoms with Gasteiger partial charge in [-0.25, -0.2) is 23.1 Å². The fraction of sp³-hybridized carbons (Fsp3) is 0.190. The summed E-state index contributed by atoms with van der Waals surface area (Å²) in [5.41, 5.74) is 2.15. The number of nitrogens with zero attached hydrogens (tertiary/aromatic N) is 3. The molecule has 2 heterocycles. The second-order valence-electron chi connectivity index (χ2n) is 6.78. The molecule has 1 aromatic heterocycles. The molecule has 0 atom stereocenters. The van der Waals surface area contributed by atoms with Crippen LogP contribution in [-0.2, 0) is 13.0 Å². The molecule has 5 nitrogen and oxygen atoms in total. The lowest BCUT2D eigenvalue weighted by Crippen LogP contribution is -2.36. The van der Waals surface area contributed by atoms with Crippen LogP contribution in [-0.4, -0.2) is 27.3 Å². The first-order valence-electron chi connectivity index (χ1n) is 9.04. The van der Waals surface area contributed by atoms with E-state index in [4.69, 9.17) is 0 Å². The zero-order valence-corrected chi connectivity index (χ0v) is 15.5. The van der Waals surface area contributed by atoms with Crippen molar-refractivity contribution in [2.24, 2.45) is 0 Å². The molecule has 1 amide bonds. The van der Waals surface area contributed by atoms with Gasteiger partial charge in [0.2, 0.25) is 0 Å². The number of fused-ring (bicyclic) bond motifs is 1. The first-order valence-corrected chi connectivity index (χ1v) is 9.04. The van der Waals surface area contributed by atoms with Gasteiger partial charge in [-0.2, -0.15) is 0 Å². The maximum atomic E-state index is 13.9. The lowest BCUT2D eigenvalue weighted by atomic mass is 10.00. The maximum Gasteiger partial charge on any atom is 0.272 e. The molecule has 29 heavy (non-hydrogen) atoms. The molecule has 1 aliphatic rings. The Morgan fingerprint density at radius 1 is 1.03 bits per heavy atom. The highest BCUT2D eigenvalue weighted by Crippen LogP contribution is 2.24. The quantitative estimate of drug-likeness (QED) is 0.674. The molecule has 4 rings (SSSR count). The van der Waals surface area contributed by atoms with Gasteiger partial charge in [0.25, 0.3) is 5.91 Å². The molecule has 0 spiro atoms. The highest BCUT2D eigenvalue weighted by atomic mass is 19.2. The second kappa shape index (κ2) is 7.54. The predicted molar refractivity (Wildman–Crippen MR) is 101 cm³/mol. The molecule has 0 saturated heterocycles. The summed E-state index contributed by atoms with van der Waals surface area (Å²) in [5, 5.41) is 2.59. The fourth-order valence-corrected chi connectivity index (χ4v) is 3.33. The van der Waals surface area contributed by atoms with Crippen molar-refractivity contribution in [1.82, 2.24) is 14.9 Å². The first-order chi connectivity index (χ1) is 13.9. The Bertz CT molecular complexity index is 1100. The van der Waals surface area contributed by atoms with Crippen LogP contribution in [0, 0.1) is 24.4 Å². The SMILES string of the molecule is Cc1nc(Nc2ccc(F)c(F)c2F)cc(C(=O)N2CCc3ccccc3C2)n1. The normalized spacial score (nSPS) is 13.2. The Morgan fingerprint density at radius 3 is 2.59 bits per heavy atom. The number of carbonyl (C=O) groups excluding carboxylic acids is 1. The van der Waals surface area contributed by atoms with Crippen molar-refractivity contribution in [3.8, 4) is 0 Å². The molecule has 0 unspecified atom stereocenters. The number of aryl methyl sites for hydroxylation is 1. The van der Waals surface area contributed by atoms with Crippen LogP contribution in [0.25, 0.3) is 0 Å². The Hall–Kier alpha value is -3.42. The number of benzene rings is 2. The zero-order chi connectivity index (χ0) is 20.5. The third-order valence-electron chi connectivity index (χ3n) is 4.77. The molecule has 148 valence electrons. The molecule has 0 bridgehead atoms. The van der Waals surface area contributed by atoms with E-state index in [0.717, 1.165) is 24.1 Å². The number of halogens is 3. The van der Waals surface area contributed by atoms with Crippen LogP contribution in [0.3, 0.4) is 0 Å². The number of nitrogens with one attached hydrogen (secondary N) is 1. The van der Waals surface area contributed by atoms with E-state index in [1.807, 2.05) is 24.3 Å². The Kier molecular flexibility index (Phi) is 4.92. The summed E-state index contributed by atoms with van der Waals surface area (Å²) in [6.07, 6.45) is 0.747. The monoisotopic (exact) mass is 398 g/mol. The van der Waals surface area contributed by atoms with Gasteiger partial charge in [0.15, 0.2) is 17.5 Å². The average Bonchev–Trinajstić information content (AvgIpc) is 2.73. The van der Waals surface area contributed by atoms with E-state index >= 15 is 0 Å². The van der Waals surface area contributed by atoms with Crippen molar-refractivity contribution in [2.75, 3.05) is 11.9 Å². The Morgan fingerprint density at radius 2 is 1.79 bits per heavy atom. The van der Waals surface area contributed by atoms with Crippen LogP contribution in [0.5, 0.6) is 0 Å². The van der Waals surface area contributed by atoms with E-state index in [-0.39, 0.29) is 23.1 Å². The summed E-state index contributed by atoms with van der Waals surface area (Å²) < 4.78 is 40.5. The largest absolute Gasteiger partial charge is 0.338 e. The number of hydrogen-bond acceptors (Lipinski definition) is 4. The number of anilines is 2. The minimum Gasteiger partial charge on any atom is -0.338 e. The topological polar surface area (TPSA) is 58.1 Å². The van der Waals surface area contributed by atoms with E-state index in [1.165, 1.54) is 11.6 Å². The lowest BCUT2D eigenvalue weighted by molar-refractivity contribution is 0.0728. The Labute approximate surface area is 165 Å². The summed E-state index contributed by atoms with van der Waals surface area (Å²) in [6, 6.07) is 11.2. The van der Waals surface area contributed by atoms with Gasteiger partial charge in [0.05, 0.1) is 5.69 Å². The molecule has 0 radical (unpaired) electrons. The molecular weight excluding hydrogens is 381 g/mol. The van der Waals surface area contributed by atoms with Crippen molar-refractivity contribution in [2.45, 2.75) is 19.9 Å².